The second-order valence-corrected chi connectivity index (χ2v) is 8.06. The molecule has 2 aliphatic rings. The molecule has 0 spiro atoms. The van der Waals surface area contributed by atoms with Gasteiger partial charge in [-0.15, -0.1) is 0 Å². The van der Waals surface area contributed by atoms with Gasteiger partial charge in [-0.1, -0.05) is 31.4 Å². The van der Waals surface area contributed by atoms with Crippen LogP contribution in [0.4, 0.5) is 0 Å². The highest BCUT2D eigenvalue weighted by Crippen LogP contribution is 2.33. The number of rotatable bonds is 6. The second kappa shape index (κ2) is 9.61. The molecule has 0 radical (unpaired) electrons. The highest BCUT2D eigenvalue weighted by molar-refractivity contribution is 5.86. The molecule has 0 bridgehead atoms. The van der Waals surface area contributed by atoms with Crippen molar-refractivity contribution in [2.75, 3.05) is 40.4 Å². The van der Waals surface area contributed by atoms with Crippen molar-refractivity contribution in [2.45, 2.75) is 57.1 Å². The molecule has 2 fully saturated rings. The van der Waals surface area contributed by atoms with E-state index < -0.39 is 5.60 Å². The van der Waals surface area contributed by atoms with Crippen LogP contribution >= 0.6 is 0 Å². The topological polar surface area (TPSA) is 62.2 Å². The monoisotopic (exact) mass is 390 g/mol. The van der Waals surface area contributed by atoms with E-state index in [2.05, 4.69) is 4.90 Å². The molecule has 156 valence electrons. The molecule has 2 heterocycles. The van der Waals surface area contributed by atoms with E-state index in [-0.39, 0.29) is 5.91 Å². The Morgan fingerprint density at radius 1 is 1.00 bits per heavy atom. The predicted octanol–water partition coefficient (Wildman–Crippen LogP) is 2.82. The smallest absolute Gasteiger partial charge is 0.256 e. The minimum atomic E-state index is -1.29. The number of likely N-dealkylation sites (tertiary alicyclic amines) is 2. The lowest BCUT2D eigenvalue weighted by atomic mass is 9.90. The number of hydrogen-bond acceptors (Lipinski definition) is 5. The van der Waals surface area contributed by atoms with Crippen LogP contribution in [0, 0.1) is 0 Å². The zero-order valence-corrected chi connectivity index (χ0v) is 17.3. The summed E-state index contributed by atoms with van der Waals surface area (Å²) in [6, 6.07) is 5.69. The zero-order valence-electron chi connectivity index (χ0n) is 17.3. The molecule has 1 aromatic carbocycles. The minimum absolute atomic E-state index is 0.161. The number of ether oxygens (including phenoxy) is 2. The first-order valence-corrected chi connectivity index (χ1v) is 10.5. The van der Waals surface area contributed by atoms with Crippen LogP contribution < -0.4 is 9.47 Å². The quantitative estimate of drug-likeness (QED) is 0.809. The largest absolute Gasteiger partial charge is 0.493 e. The standard InChI is InChI=1S/C22H34N2O4/c1-27-19-11-8-10-18(20(19)28-2)16-24-15-9-12-22(26,21(24)25)17-23-13-6-4-3-5-7-14-23/h8,10-11,26H,3-7,9,12-17H2,1-2H3. The number of nitrogens with zero attached hydrogens (tertiary/aromatic N) is 2. The Hall–Kier alpha value is -1.79. The van der Waals surface area contributed by atoms with Gasteiger partial charge in [-0.3, -0.25) is 9.69 Å². The second-order valence-electron chi connectivity index (χ2n) is 8.06. The molecule has 6 nitrogen and oxygen atoms in total. The Kier molecular flexibility index (Phi) is 7.18. The van der Waals surface area contributed by atoms with Gasteiger partial charge in [0.25, 0.3) is 5.91 Å². The fourth-order valence-electron chi connectivity index (χ4n) is 4.49. The van der Waals surface area contributed by atoms with Crippen LogP contribution in [0.25, 0.3) is 0 Å². The van der Waals surface area contributed by atoms with Crippen molar-refractivity contribution in [3.63, 3.8) is 0 Å². The van der Waals surface area contributed by atoms with Crippen molar-refractivity contribution in [2.24, 2.45) is 0 Å². The maximum Gasteiger partial charge on any atom is 0.256 e. The van der Waals surface area contributed by atoms with E-state index in [1.54, 1.807) is 19.1 Å². The third kappa shape index (κ3) is 4.78. The summed E-state index contributed by atoms with van der Waals surface area (Å²) in [6.07, 6.45) is 7.42. The van der Waals surface area contributed by atoms with Crippen molar-refractivity contribution in [3.8, 4) is 11.5 Å². The van der Waals surface area contributed by atoms with Crippen LogP contribution in [0.5, 0.6) is 11.5 Å². The number of amides is 1. The third-order valence-electron chi connectivity index (χ3n) is 5.98. The Morgan fingerprint density at radius 2 is 1.71 bits per heavy atom. The van der Waals surface area contributed by atoms with Crippen LogP contribution in [0.2, 0.25) is 0 Å². The van der Waals surface area contributed by atoms with Gasteiger partial charge < -0.3 is 19.5 Å². The SMILES string of the molecule is COc1cccc(CN2CCCC(O)(CN3CCCCCCC3)C2=O)c1OC. The molecule has 1 aromatic rings. The molecule has 2 saturated heterocycles. The number of piperidine rings is 1. The van der Waals surface area contributed by atoms with E-state index in [1.807, 2.05) is 18.2 Å². The summed E-state index contributed by atoms with van der Waals surface area (Å²) in [6.45, 7) is 3.46. The molecule has 1 amide bonds. The van der Waals surface area contributed by atoms with Gasteiger partial charge in [0, 0.05) is 25.2 Å². The number of hydrogen-bond donors (Lipinski definition) is 1. The van der Waals surface area contributed by atoms with Crippen molar-refractivity contribution < 1.29 is 19.4 Å². The van der Waals surface area contributed by atoms with E-state index >= 15 is 0 Å². The summed E-state index contributed by atoms with van der Waals surface area (Å²) in [5.74, 6) is 1.14. The Labute approximate surface area is 168 Å². The van der Waals surface area contributed by atoms with E-state index in [0.717, 1.165) is 37.9 Å². The van der Waals surface area contributed by atoms with Crippen LogP contribution in [-0.4, -0.2) is 66.8 Å². The Balaban J connectivity index is 1.71. The number of methoxy groups -OCH3 is 2. The van der Waals surface area contributed by atoms with Gasteiger partial charge in [0.2, 0.25) is 0 Å². The van der Waals surface area contributed by atoms with E-state index in [1.165, 1.54) is 19.3 Å². The number of carbonyl (C=O) groups is 1. The Bertz CT molecular complexity index is 658. The first-order chi connectivity index (χ1) is 13.6. The van der Waals surface area contributed by atoms with Gasteiger partial charge in [0.1, 0.15) is 0 Å². The van der Waals surface area contributed by atoms with E-state index in [0.29, 0.717) is 37.6 Å². The summed E-state index contributed by atoms with van der Waals surface area (Å²) >= 11 is 0. The average Bonchev–Trinajstić information content (AvgIpc) is 2.67. The van der Waals surface area contributed by atoms with Crippen LogP contribution in [0.3, 0.4) is 0 Å². The van der Waals surface area contributed by atoms with Gasteiger partial charge in [0.05, 0.1) is 14.2 Å². The normalized spacial score (nSPS) is 24.5. The lowest BCUT2D eigenvalue weighted by molar-refractivity contribution is -0.160. The van der Waals surface area contributed by atoms with Crippen molar-refractivity contribution in [1.82, 2.24) is 9.80 Å². The van der Waals surface area contributed by atoms with Crippen molar-refractivity contribution in [1.29, 1.82) is 0 Å². The number of β-amino-alcohol motifs (C(OH)–C–C–N with tert-alkyl or cyclic N) is 1. The highest BCUT2D eigenvalue weighted by Gasteiger charge is 2.43. The maximum atomic E-state index is 13.2. The molecule has 0 aliphatic carbocycles. The summed E-state index contributed by atoms with van der Waals surface area (Å²) in [5.41, 5.74) is -0.394. The fraction of sp³-hybridized carbons (Fsp3) is 0.682. The first kappa shape index (κ1) is 20.9. The van der Waals surface area contributed by atoms with Gasteiger partial charge in [0.15, 0.2) is 17.1 Å². The summed E-state index contributed by atoms with van der Waals surface area (Å²) in [4.78, 5) is 17.3. The van der Waals surface area contributed by atoms with E-state index in [4.69, 9.17) is 9.47 Å². The molecule has 1 unspecified atom stereocenters. The number of para-hydroxylation sites is 1. The van der Waals surface area contributed by atoms with Gasteiger partial charge in [-0.25, -0.2) is 0 Å². The van der Waals surface area contributed by atoms with E-state index in [9.17, 15) is 9.90 Å². The first-order valence-electron chi connectivity index (χ1n) is 10.5. The summed E-state index contributed by atoms with van der Waals surface area (Å²) in [5, 5.41) is 11.2. The molecular formula is C22H34N2O4. The van der Waals surface area contributed by atoms with Crippen LogP contribution in [0.15, 0.2) is 18.2 Å². The molecule has 6 heteroatoms. The fourth-order valence-corrected chi connectivity index (χ4v) is 4.49. The molecular weight excluding hydrogens is 356 g/mol. The van der Waals surface area contributed by atoms with Crippen LogP contribution in [0.1, 0.15) is 50.5 Å². The molecule has 1 atom stereocenters. The molecule has 28 heavy (non-hydrogen) atoms. The Morgan fingerprint density at radius 3 is 2.39 bits per heavy atom. The minimum Gasteiger partial charge on any atom is -0.493 e. The van der Waals surface area contributed by atoms with Gasteiger partial charge in [-0.05, 0) is 44.8 Å². The zero-order chi connectivity index (χ0) is 20.0. The maximum absolute atomic E-state index is 13.2. The third-order valence-corrected chi connectivity index (χ3v) is 5.98. The predicted molar refractivity (Wildman–Crippen MR) is 109 cm³/mol. The van der Waals surface area contributed by atoms with Crippen molar-refractivity contribution >= 4 is 5.91 Å². The number of benzene rings is 1. The molecule has 2 aliphatic heterocycles. The van der Waals surface area contributed by atoms with Crippen molar-refractivity contribution in [3.05, 3.63) is 23.8 Å². The van der Waals surface area contributed by atoms with Gasteiger partial charge in [-0.2, -0.15) is 0 Å². The summed E-state index contributed by atoms with van der Waals surface area (Å²) in [7, 11) is 3.22. The molecule has 1 N–H and O–H groups in total. The number of carbonyl (C=O) groups excluding carboxylic acids is 1. The lowest BCUT2D eigenvalue weighted by Crippen LogP contribution is -2.58. The summed E-state index contributed by atoms with van der Waals surface area (Å²) < 4.78 is 10.9. The number of aliphatic hydroxyl groups is 1. The highest BCUT2D eigenvalue weighted by atomic mass is 16.5. The molecule has 0 aromatic heterocycles. The molecule has 0 saturated carbocycles. The van der Waals surface area contributed by atoms with Crippen LogP contribution in [-0.2, 0) is 11.3 Å². The molecule has 3 rings (SSSR count). The lowest BCUT2D eigenvalue weighted by Gasteiger charge is -2.41. The average molecular weight is 391 g/mol. The van der Waals surface area contributed by atoms with Gasteiger partial charge >= 0.3 is 0 Å².